The monoisotopic (exact) mass is 425 g/mol. The summed E-state index contributed by atoms with van der Waals surface area (Å²) in [5, 5.41) is 11.5. The van der Waals surface area contributed by atoms with E-state index in [0.29, 0.717) is 4.80 Å². The minimum atomic E-state index is -0.770. The number of rotatable bonds is 5. The fourth-order valence-electron chi connectivity index (χ4n) is 2.99. The number of amides is 1. The van der Waals surface area contributed by atoms with Crippen LogP contribution in [0.2, 0.25) is 0 Å². The first-order valence-corrected chi connectivity index (χ1v) is 9.65. The molecule has 0 saturated heterocycles. The quantitative estimate of drug-likeness (QED) is 0.353. The van der Waals surface area contributed by atoms with E-state index in [2.05, 4.69) is 10.9 Å². The molecule has 8 nitrogen and oxygen atoms in total. The van der Waals surface area contributed by atoms with Gasteiger partial charge in [0.05, 0.1) is 42.0 Å². The van der Waals surface area contributed by atoms with Gasteiger partial charge in [-0.25, -0.2) is 0 Å². The number of terminal acetylenes is 1. The van der Waals surface area contributed by atoms with Crippen molar-refractivity contribution < 1.29 is 19.2 Å². The summed E-state index contributed by atoms with van der Waals surface area (Å²) in [6, 6.07) is 6.40. The van der Waals surface area contributed by atoms with E-state index in [1.165, 1.54) is 31.6 Å². The van der Waals surface area contributed by atoms with Gasteiger partial charge in [-0.1, -0.05) is 17.3 Å². The van der Waals surface area contributed by atoms with Crippen LogP contribution in [0.1, 0.15) is 21.5 Å². The van der Waals surface area contributed by atoms with Crippen LogP contribution < -0.4 is 14.3 Å². The Labute approximate surface area is 176 Å². The van der Waals surface area contributed by atoms with Gasteiger partial charge in [0, 0.05) is 6.07 Å². The highest BCUT2D eigenvalue weighted by atomic mass is 32.1. The second kappa shape index (κ2) is 8.39. The summed E-state index contributed by atoms with van der Waals surface area (Å²) in [7, 11) is 2.74. The molecule has 0 spiro atoms. The van der Waals surface area contributed by atoms with E-state index < -0.39 is 16.5 Å². The van der Waals surface area contributed by atoms with Crippen molar-refractivity contribution in [3.05, 3.63) is 55.9 Å². The van der Waals surface area contributed by atoms with Crippen LogP contribution in [0.25, 0.3) is 10.2 Å². The van der Waals surface area contributed by atoms with Crippen molar-refractivity contribution in [1.82, 2.24) is 4.57 Å². The topological polar surface area (TPSA) is 96.0 Å². The van der Waals surface area contributed by atoms with Gasteiger partial charge in [0.25, 0.3) is 11.6 Å². The molecule has 0 atom stereocenters. The van der Waals surface area contributed by atoms with E-state index in [4.69, 9.17) is 15.9 Å². The van der Waals surface area contributed by atoms with Gasteiger partial charge in [0.2, 0.25) is 0 Å². The molecule has 0 unspecified atom stereocenters. The third kappa shape index (κ3) is 3.77. The highest BCUT2D eigenvalue weighted by Gasteiger charge is 2.24. The van der Waals surface area contributed by atoms with E-state index >= 15 is 0 Å². The molecule has 0 aliphatic heterocycles. The summed E-state index contributed by atoms with van der Waals surface area (Å²) in [4.78, 5) is 28.3. The van der Waals surface area contributed by atoms with Crippen molar-refractivity contribution in [2.75, 3.05) is 14.2 Å². The largest absolute Gasteiger partial charge is 0.493 e. The lowest BCUT2D eigenvalue weighted by molar-refractivity contribution is -0.385. The zero-order chi connectivity index (χ0) is 22.0. The van der Waals surface area contributed by atoms with Crippen molar-refractivity contribution >= 4 is 33.1 Å². The fourth-order valence-corrected chi connectivity index (χ4v) is 4.10. The highest BCUT2D eigenvalue weighted by molar-refractivity contribution is 7.16. The summed E-state index contributed by atoms with van der Waals surface area (Å²) in [6.07, 6.45) is 5.51. The normalized spacial score (nSPS) is 11.4. The highest BCUT2D eigenvalue weighted by Crippen LogP contribution is 2.34. The van der Waals surface area contributed by atoms with Crippen molar-refractivity contribution in [2.24, 2.45) is 4.99 Å². The fraction of sp³-hybridized carbons (Fsp3) is 0.238. The number of benzene rings is 2. The van der Waals surface area contributed by atoms with Crippen molar-refractivity contribution in [1.29, 1.82) is 0 Å². The zero-order valence-corrected chi connectivity index (χ0v) is 17.7. The number of ether oxygens (including phenoxy) is 2. The maximum atomic E-state index is 12.9. The third-order valence-corrected chi connectivity index (χ3v) is 5.71. The number of methoxy groups -OCH3 is 2. The minimum Gasteiger partial charge on any atom is -0.493 e. The first-order chi connectivity index (χ1) is 14.3. The maximum Gasteiger partial charge on any atom is 0.286 e. The van der Waals surface area contributed by atoms with Gasteiger partial charge in [0.15, 0.2) is 16.3 Å². The molecule has 9 heteroatoms. The molecule has 0 aliphatic rings. The van der Waals surface area contributed by atoms with Gasteiger partial charge in [0.1, 0.15) is 5.56 Å². The molecular weight excluding hydrogens is 406 g/mol. The molecule has 0 N–H and O–H groups in total. The average molecular weight is 425 g/mol. The molecule has 3 aromatic rings. The second-order valence-electron chi connectivity index (χ2n) is 6.48. The van der Waals surface area contributed by atoms with Crippen LogP contribution in [0.5, 0.6) is 11.5 Å². The van der Waals surface area contributed by atoms with Gasteiger partial charge in [-0.2, -0.15) is 4.99 Å². The Morgan fingerprint density at radius 2 is 1.83 bits per heavy atom. The Bertz CT molecular complexity index is 1280. The van der Waals surface area contributed by atoms with Crippen LogP contribution in [-0.4, -0.2) is 29.6 Å². The van der Waals surface area contributed by atoms with Crippen molar-refractivity contribution in [3.8, 4) is 23.8 Å². The molecule has 1 amide bonds. The van der Waals surface area contributed by atoms with Gasteiger partial charge in [-0.15, -0.1) is 6.42 Å². The summed E-state index contributed by atoms with van der Waals surface area (Å²) in [5.74, 6) is 2.14. The lowest BCUT2D eigenvalue weighted by Crippen LogP contribution is -2.17. The molecule has 1 aromatic heterocycles. The van der Waals surface area contributed by atoms with Gasteiger partial charge >= 0.3 is 0 Å². The Morgan fingerprint density at radius 3 is 2.43 bits per heavy atom. The first kappa shape index (κ1) is 21.1. The predicted molar refractivity (Wildman–Crippen MR) is 114 cm³/mol. The van der Waals surface area contributed by atoms with E-state index in [0.717, 1.165) is 27.4 Å². The number of nitro benzene ring substituents is 1. The van der Waals surface area contributed by atoms with Crippen molar-refractivity contribution in [2.45, 2.75) is 20.4 Å². The lowest BCUT2D eigenvalue weighted by atomic mass is 10.1. The Hall–Kier alpha value is -3.64. The minimum absolute atomic E-state index is 0.149. The SMILES string of the molecule is C#CCn1c(=NC(=O)c2cc(OC)c(OC)cc2[N+](=O)[O-])sc2cc(C)c(C)cc21. The molecule has 0 saturated carbocycles. The lowest BCUT2D eigenvalue weighted by Gasteiger charge is -2.08. The summed E-state index contributed by atoms with van der Waals surface area (Å²) < 4.78 is 12.9. The molecule has 2 aromatic carbocycles. The Kier molecular flexibility index (Phi) is 5.89. The molecule has 0 fully saturated rings. The van der Waals surface area contributed by atoms with Gasteiger partial charge < -0.3 is 14.0 Å². The van der Waals surface area contributed by atoms with Crippen LogP contribution in [0, 0.1) is 36.3 Å². The van der Waals surface area contributed by atoms with E-state index in [1.54, 1.807) is 4.57 Å². The van der Waals surface area contributed by atoms with Crippen LogP contribution in [0.3, 0.4) is 0 Å². The standard InChI is InChI=1S/C21H19N3O5S/c1-6-7-23-16-8-12(2)13(3)9-19(16)30-21(23)22-20(25)14-10-17(28-4)18(29-5)11-15(14)24(26)27/h1,8-11H,7H2,2-5H3. The van der Waals surface area contributed by atoms with Crippen LogP contribution in [0.4, 0.5) is 5.69 Å². The molecule has 3 rings (SSSR count). The number of thiazole rings is 1. The predicted octanol–water partition coefficient (Wildman–Crippen LogP) is 3.62. The molecule has 0 radical (unpaired) electrons. The summed E-state index contributed by atoms with van der Waals surface area (Å²) in [6.45, 7) is 4.19. The van der Waals surface area contributed by atoms with Gasteiger partial charge in [-0.3, -0.25) is 14.9 Å². The van der Waals surface area contributed by atoms with Gasteiger partial charge in [-0.05, 0) is 37.1 Å². The molecule has 0 aliphatic carbocycles. The molecule has 30 heavy (non-hydrogen) atoms. The number of hydrogen-bond acceptors (Lipinski definition) is 6. The van der Waals surface area contributed by atoms with Crippen LogP contribution >= 0.6 is 11.3 Å². The zero-order valence-electron chi connectivity index (χ0n) is 16.9. The number of fused-ring (bicyclic) bond motifs is 1. The number of aromatic nitrogens is 1. The number of nitrogens with zero attached hydrogens (tertiary/aromatic N) is 3. The molecular formula is C21H19N3O5S. The number of aryl methyl sites for hydroxylation is 2. The second-order valence-corrected chi connectivity index (χ2v) is 7.49. The number of nitro groups is 1. The number of hydrogen-bond donors (Lipinski definition) is 0. The maximum absolute atomic E-state index is 12.9. The van der Waals surface area contributed by atoms with E-state index in [1.807, 2.05) is 26.0 Å². The average Bonchev–Trinajstić information content (AvgIpc) is 3.03. The number of carbonyl (C=O) groups excluding carboxylic acids is 1. The van der Waals surface area contributed by atoms with Crippen LogP contribution in [-0.2, 0) is 6.54 Å². The summed E-state index contributed by atoms with van der Waals surface area (Å²) in [5.41, 5.74) is 2.42. The van der Waals surface area contributed by atoms with Crippen molar-refractivity contribution in [3.63, 3.8) is 0 Å². The third-order valence-electron chi connectivity index (χ3n) is 4.67. The van der Waals surface area contributed by atoms with E-state index in [9.17, 15) is 14.9 Å². The number of carbonyl (C=O) groups is 1. The Balaban J connectivity index is 2.24. The Morgan fingerprint density at radius 1 is 1.20 bits per heavy atom. The van der Waals surface area contributed by atoms with E-state index in [-0.39, 0.29) is 23.6 Å². The smallest absolute Gasteiger partial charge is 0.286 e. The summed E-state index contributed by atoms with van der Waals surface area (Å²) >= 11 is 1.30. The molecule has 154 valence electrons. The van der Waals surface area contributed by atoms with Crippen LogP contribution in [0.15, 0.2) is 29.3 Å². The first-order valence-electron chi connectivity index (χ1n) is 8.84. The molecule has 0 bridgehead atoms. The molecule has 1 heterocycles.